The van der Waals surface area contributed by atoms with Crippen molar-refractivity contribution in [3.05, 3.63) is 29.8 Å². The van der Waals surface area contributed by atoms with E-state index in [-0.39, 0.29) is 17.7 Å². The molecule has 3 aliphatic rings. The van der Waals surface area contributed by atoms with Crippen LogP contribution in [0.15, 0.2) is 24.3 Å². The maximum Gasteiger partial charge on any atom is 0.225 e. The fourth-order valence-electron chi connectivity index (χ4n) is 4.97. The molecule has 164 valence electrons. The van der Waals surface area contributed by atoms with Crippen LogP contribution in [0.3, 0.4) is 0 Å². The maximum atomic E-state index is 12.8. The van der Waals surface area contributed by atoms with Crippen LogP contribution in [0.1, 0.15) is 50.5 Å². The number of benzene rings is 1. The van der Waals surface area contributed by atoms with Gasteiger partial charge in [0.1, 0.15) is 0 Å². The van der Waals surface area contributed by atoms with Gasteiger partial charge in [-0.15, -0.1) is 0 Å². The fourth-order valence-corrected chi connectivity index (χ4v) is 4.97. The van der Waals surface area contributed by atoms with Crippen molar-refractivity contribution in [1.29, 1.82) is 0 Å². The smallest absolute Gasteiger partial charge is 0.225 e. The van der Waals surface area contributed by atoms with Crippen LogP contribution >= 0.6 is 0 Å². The molecule has 6 nitrogen and oxygen atoms in total. The molecule has 6 heteroatoms. The van der Waals surface area contributed by atoms with Gasteiger partial charge in [-0.05, 0) is 42.9 Å². The third-order valence-corrected chi connectivity index (χ3v) is 6.85. The second-order valence-electron chi connectivity index (χ2n) is 9.02. The Balaban J connectivity index is 1.25. The number of rotatable bonds is 6. The molecule has 1 atom stereocenters. The van der Waals surface area contributed by atoms with E-state index in [1.165, 1.54) is 37.8 Å². The number of amides is 2. The molecule has 4 rings (SSSR count). The predicted octanol–water partition coefficient (Wildman–Crippen LogP) is 2.96. The number of morpholine rings is 1. The summed E-state index contributed by atoms with van der Waals surface area (Å²) >= 11 is 0. The van der Waals surface area contributed by atoms with E-state index in [1.54, 1.807) is 0 Å². The van der Waals surface area contributed by atoms with Gasteiger partial charge in [0.15, 0.2) is 0 Å². The molecule has 0 bridgehead atoms. The molecule has 30 heavy (non-hydrogen) atoms. The van der Waals surface area contributed by atoms with E-state index in [9.17, 15) is 9.59 Å². The molecule has 2 heterocycles. The molecule has 0 spiro atoms. The van der Waals surface area contributed by atoms with Gasteiger partial charge in [0, 0.05) is 44.8 Å². The number of nitrogens with one attached hydrogen (secondary N) is 1. The highest BCUT2D eigenvalue weighted by Gasteiger charge is 2.31. The summed E-state index contributed by atoms with van der Waals surface area (Å²) in [6, 6.07) is 8.42. The molecule has 1 aromatic carbocycles. The lowest BCUT2D eigenvalue weighted by molar-refractivity contribution is -0.139. The minimum absolute atomic E-state index is 0.0772. The Bertz CT molecular complexity index is 709. The van der Waals surface area contributed by atoms with Crippen LogP contribution < -0.4 is 10.2 Å². The van der Waals surface area contributed by atoms with Crippen molar-refractivity contribution in [3.8, 4) is 0 Å². The molecule has 0 aromatic heterocycles. The lowest BCUT2D eigenvalue weighted by Crippen LogP contribution is -2.47. The van der Waals surface area contributed by atoms with Crippen LogP contribution in [0.4, 0.5) is 5.69 Å². The van der Waals surface area contributed by atoms with E-state index >= 15 is 0 Å². The Labute approximate surface area is 179 Å². The van der Waals surface area contributed by atoms with Crippen molar-refractivity contribution in [3.63, 3.8) is 0 Å². The van der Waals surface area contributed by atoms with Crippen molar-refractivity contribution < 1.29 is 14.3 Å². The van der Waals surface area contributed by atoms with Gasteiger partial charge in [0.05, 0.1) is 19.1 Å². The molecular weight excluding hydrogens is 378 g/mol. The lowest BCUT2D eigenvalue weighted by atomic mass is 9.87. The summed E-state index contributed by atoms with van der Waals surface area (Å²) in [6.45, 7) is 5.36. The number of anilines is 1. The van der Waals surface area contributed by atoms with E-state index in [1.807, 2.05) is 4.90 Å². The molecule has 1 saturated carbocycles. The van der Waals surface area contributed by atoms with Gasteiger partial charge in [-0.3, -0.25) is 9.59 Å². The highest BCUT2D eigenvalue weighted by atomic mass is 16.5. The lowest BCUT2D eigenvalue weighted by Gasteiger charge is -2.35. The summed E-state index contributed by atoms with van der Waals surface area (Å²) in [5.74, 6) is 0.838. The van der Waals surface area contributed by atoms with Gasteiger partial charge in [-0.1, -0.05) is 31.4 Å². The van der Waals surface area contributed by atoms with Gasteiger partial charge >= 0.3 is 0 Å². The molecule has 0 radical (unpaired) electrons. The number of carbonyl (C=O) groups is 2. The number of hydrogen-bond acceptors (Lipinski definition) is 4. The molecular formula is C24H35N3O3. The average molecular weight is 414 g/mol. The number of likely N-dealkylation sites (tertiary alicyclic amines) is 1. The standard InChI is InChI=1S/C24H35N3O3/c28-23-11-8-21(18-27(23)17-20-4-2-1-3-5-20)24(29)25-16-19-6-9-22(10-7-19)26-12-14-30-15-13-26/h6-7,9-10,20-21H,1-5,8,11-18H2,(H,25,29)/t21-/m0/s1. The first-order chi connectivity index (χ1) is 14.7. The molecule has 1 N–H and O–H groups in total. The number of piperidine rings is 1. The van der Waals surface area contributed by atoms with Crippen LogP contribution in [0.5, 0.6) is 0 Å². The van der Waals surface area contributed by atoms with E-state index < -0.39 is 0 Å². The molecule has 0 unspecified atom stereocenters. The topological polar surface area (TPSA) is 61.9 Å². The van der Waals surface area contributed by atoms with E-state index in [4.69, 9.17) is 4.74 Å². The highest BCUT2D eigenvalue weighted by molar-refractivity contribution is 5.83. The van der Waals surface area contributed by atoms with Crippen LogP contribution in [0, 0.1) is 11.8 Å². The summed E-state index contributed by atoms with van der Waals surface area (Å²) in [6.07, 6.45) is 7.49. The van der Waals surface area contributed by atoms with Crippen molar-refractivity contribution in [2.45, 2.75) is 51.5 Å². The van der Waals surface area contributed by atoms with Gasteiger partial charge in [0.2, 0.25) is 11.8 Å². The zero-order valence-electron chi connectivity index (χ0n) is 18.0. The first-order valence-corrected chi connectivity index (χ1v) is 11.7. The van der Waals surface area contributed by atoms with E-state index in [2.05, 4.69) is 34.5 Å². The predicted molar refractivity (Wildman–Crippen MR) is 117 cm³/mol. The molecule has 3 fully saturated rings. The number of hydrogen-bond donors (Lipinski definition) is 1. The third kappa shape index (κ3) is 5.54. The quantitative estimate of drug-likeness (QED) is 0.779. The normalized spacial score (nSPS) is 23.5. The van der Waals surface area contributed by atoms with Crippen molar-refractivity contribution in [2.75, 3.05) is 44.3 Å². The zero-order valence-corrected chi connectivity index (χ0v) is 18.0. The van der Waals surface area contributed by atoms with Gasteiger partial charge in [-0.25, -0.2) is 0 Å². The van der Waals surface area contributed by atoms with Crippen molar-refractivity contribution in [2.24, 2.45) is 11.8 Å². The summed E-state index contributed by atoms with van der Waals surface area (Å²) in [5.41, 5.74) is 2.31. The second kappa shape index (κ2) is 10.3. The Kier molecular flexibility index (Phi) is 7.26. The van der Waals surface area contributed by atoms with Crippen molar-refractivity contribution in [1.82, 2.24) is 10.2 Å². The largest absolute Gasteiger partial charge is 0.378 e. The average Bonchev–Trinajstić information content (AvgIpc) is 2.80. The van der Waals surface area contributed by atoms with Crippen LogP contribution in [-0.2, 0) is 20.9 Å². The Morgan fingerprint density at radius 1 is 1.03 bits per heavy atom. The Morgan fingerprint density at radius 3 is 2.50 bits per heavy atom. The number of nitrogens with zero attached hydrogens (tertiary/aromatic N) is 2. The molecule has 2 saturated heterocycles. The number of carbonyl (C=O) groups excluding carboxylic acids is 2. The van der Waals surface area contributed by atoms with Gasteiger partial charge in [0.25, 0.3) is 0 Å². The highest BCUT2D eigenvalue weighted by Crippen LogP contribution is 2.27. The minimum atomic E-state index is -0.0843. The van der Waals surface area contributed by atoms with Gasteiger partial charge < -0.3 is 19.9 Å². The van der Waals surface area contributed by atoms with Crippen molar-refractivity contribution >= 4 is 17.5 Å². The summed E-state index contributed by atoms with van der Waals surface area (Å²) in [4.78, 5) is 29.4. The summed E-state index contributed by atoms with van der Waals surface area (Å²) < 4.78 is 5.41. The molecule has 1 aromatic rings. The van der Waals surface area contributed by atoms with Gasteiger partial charge in [-0.2, -0.15) is 0 Å². The third-order valence-electron chi connectivity index (χ3n) is 6.85. The molecule has 2 aliphatic heterocycles. The summed E-state index contributed by atoms with van der Waals surface area (Å²) in [7, 11) is 0. The van der Waals surface area contributed by atoms with Crippen LogP contribution in [0.2, 0.25) is 0 Å². The van der Waals surface area contributed by atoms with E-state index in [0.717, 1.165) is 38.4 Å². The SMILES string of the molecule is O=C(NCc1ccc(N2CCOCC2)cc1)[C@H]1CCC(=O)N(CC2CCCCC2)C1. The first kappa shape index (κ1) is 21.2. The molecule has 2 amide bonds. The Morgan fingerprint density at radius 2 is 1.77 bits per heavy atom. The zero-order chi connectivity index (χ0) is 20.8. The summed E-state index contributed by atoms with van der Waals surface area (Å²) in [5, 5.41) is 3.10. The Hall–Kier alpha value is -2.08. The second-order valence-corrected chi connectivity index (χ2v) is 9.02. The fraction of sp³-hybridized carbons (Fsp3) is 0.667. The van der Waals surface area contributed by atoms with Crippen LogP contribution in [-0.4, -0.2) is 56.1 Å². The minimum Gasteiger partial charge on any atom is -0.378 e. The maximum absolute atomic E-state index is 12.8. The number of ether oxygens (including phenoxy) is 1. The first-order valence-electron chi connectivity index (χ1n) is 11.7. The van der Waals surface area contributed by atoms with E-state index in [0.29, 0.717) is 31.8 Å². The van der Waals surface area contributed by atoms with Crippen LogP contribution in [0.25, 0.3) is 0 Å². The monoisotopic (exact) mass is 413 g/mol. The molecule has 1 aliphatic carbocycles.